The SMILES string of the molecule is CCN(NC(=O)c1cccc(S(C)(=O)=O)c1)c1ccc(C)cc1. The van der Waals surface area contributed by atoms with Gasteiger partial charge in [-0.1, -0.05) is 23.8 Å². The zero-order valence-corrected chi connectivity index (χ0v) is 14.2. The molecule has 0 saturated heterocycles. The summed E-state index contributed by atoms with van der Waals surface area (Å²) in [6, 6.07) is 13.8. The topological polar surface area (TPSA) is 66.5 Å². The van der Waals surface area contributed by atoms with Crippen molar-refractivity contribution in [1.29, 1.82) is 0 Å². The molecule has 122 valence electrons. The summed E-state index contributed by atoms with van der Waals surface area (Å²) in [7, 11) is -3.34. The number of hydrogen-bond acceptors (Lipinski definition) is 4. The number of rotatable bonds is 5. The van der Waals surface area contributed by atoms with Crippen LogP contribution in [0.3, 0.4) is 0 Å². The van der Waals surface area contributed by atoms with Crippen molar-refractivity contribution in [3.05, 3.63) is 59.7 Å². The van der Waals surface area contributed by atoms with Crippen LogP contribution in [0.5, 0.6) is 0 Å². The highest BCUT2D eigenvalue weighted by Gasteiger charge is 2.14. The van der Waals surface area contributed by atoms with Crippen LogP contribution in [-0.2, 0) is 9.84 Å². The number of carbonyl (C=O) groups excluding carboxylic acids is 1. The molecule has 0 atom stereocenters. The second kappa shape index (κ2) is 6.83. The van der Waals surface area contributed by atoms with Crippen molar-refractivity contribution < 1.29 is 13.2 Å². The van der Waals surface area contributed by atoms with Crippen LogP contribution < -0.4 is 10.4 Å². The monoisotopic (exact) mass is 332 g/mol. The van der Waals surface area contributed by atoms with Gasteiger partial charge in [-0.3, -0.25) is 15.2 Å². The number of nitrogens with one attached hydrogen (secondary N) is 1. The maximum absolute atomic E-state index is 12.4. The van der Waals surface area contributed by atoms with Crippen LogP contribution in [0.1, 0.15) is 22.8 Å². The number of sulfone groups is 1. The first-order valence-corrected chi connectivity index (χ1v) is 9.15. The molecule has 0 unspecified atom stereocenters. The third kappa shape index (κ3) is 4.32. The quantitative estimate of drug-likeness (QED) is 0.855. The maximum atomic E-state index is 12.4. The maximum Gasteiger partial charge on any atom is 0.269 e. The molecule has 0 fully saturated rings. The van der Waals surface area contributed by atoms with E-state index in [-0.39, 0.29) is 10.8 Å². The molecule has 5 nitrogen and oxygen atoms in total. The fourth-order valence-corrected chi connectivity index (χ4v) is 2.77. The van der Waals surface area contributed by atoms with E-state index in [9.17, 15) is 13.2 Å². The van der Waals surface area contributed by atoms with E-state index in [1.165, 1.54) is 12.1 Å². The van der Waals surface area contributed by atoms with Crippen molar-refractivity contribution in [2.45, 2.75) is 18.7 Å². The van der Waals surface area contributed by atoms with Crippen molar-refractivity contribution in [2.75, 3.05) is 17.8 Å². The Morgan fingerprint density at radius 3 is 2.35 bits per heavy atom. The number of aryl methyl sites for hydroxylation is 1. The highest BCUT2D eigenvalue weighted by atomic mass is 32.2. The van der Waals surface area contributed by atoms with Crippen molar-refractivity contribution in [3.8, 4) is 0 Å². The van der Waals surface area contributed by atoms with E-state index in [0.717, 1.165) is 17.5 Å². The second-order valence-corrected chi connectivity index (χ2v) is 7.34. The summed E-state index contributed by atoms with van der Waals surface area (Å²) in [5.74, 6) is -0.349. The summed E-state index contributed by atoms with van der Waals surface area (Å²) in [4.78, 5) is 12.5. The summed E-state index contributed by atoms with van der Waals surface area (Å²) < 4.78 is 23.2. The molecule has 0 bridgehead atoms. The lowest BCUT2D eigenvalue weighted by atomic mass is 10.2. The number of nitrogens with zero attached hydrogens (tertiary/aromatic N) is 1. The molecule has 0 heterocycles. The van der Waals surface area contributed by atoms with E-state index in [1.807, 2.05) is 38.1 Å². The number of carbonyl (C=O) groups is 1. The van der Waals surface area contributed by atoms with Crippen molar-refractivity contribution in [2.24, 2.45) is 0 Å². The van der Waals surface area contributed by atoms with E-state index < -0.39 is 9.84 Å². The lowest BCUT2D eigenvalue weighted by molar-refractivity contribution is 0.0949. The fourth-order valence-electron chi connectivity index (χ4n) is 2.11. The van der Waals surface area contributed by atoms with Crippen LogP contribution in [0.4, 0.5) is 5.69 Å². The first-order valence-electron chi connectivity index (χ1n) is 7.26. The minimum Gasteiger partial charge on any atom is -0.286 e. The Morgan fingerprint density at radius 1 is 1.13 bits per heavy atom. The normalized spacial score (nSPS) is 11.1. The Morgan fingerprint density at radius 2 is 1.78 bits per heavy atom. The predicted molar refractivity (Wildman–Crippen MR) is 91.2 cm³/mol. The molecule has 2 aromatic rings. The van der Waals surface area contributed by atoms with Crippen LogP contribution in [0, 0.1) is 6.92 Å². The van der Waals surface area contributed by atoms with Gasteiger partial charge in [-0.05, 0) is 44.2 Å². The zero-order chi connectivity index (χ0) is 17.0. The van der Waals surface area contributed by atoms with E-state index in [0.29, 0.717) is 12.1 Å². The lowest BCUT2D eigenvalue weighted by Crippen LogP contribution is -2.42. The van der Waals surface area contributed by atoms with Gasteiger partial charge >= 0.3 is 0 Å². The van der Waals surface area contributed by atoms with E-state index >= 15 is 0 Å². The van der Waals surface area contributed by atoms with Crippen LogP contribution in [-0.4, -0.2) is 27.1 Å². The molecule has 0 aliphatic carbocycles. The van der Waals surface area contributed by atoms with E-state index in [1.54, 1.807) is 17.1 Å². The summed E-state index contributed by atoms with van der Waals surface area (Å²) in [6.07, 6.45) is 1.12. The van der Waals surface area contributed by atoms with Crippen LogP contribution in [0.25, 0.3) is 0 Å². The number of benzene rings is 2. The number of amides is 1. The minimum atomic E-state index is -3.34. The molecule has 2 aromatic carbocycles. The van der Waals surface area contributed by atoms with Crippen LogP contribution in [0.15, 0.2) is 53.4 Å². The molecule has 6 heteroatoms. The Bertz CT molecular complexity index is 799. The van der Waals surface area contributed by atoms with Gasteiger partial charge in [0, 0.05) is 18.4 Å². The summed E-state index contributed by atoms with van der Waals surface area (Å²) in [5, 5.41) is 1.72. The Labute approximate surface area is 136 Å². The van der Waals surface area contributed by atoms with Gasteiger partial charge in [0.1, 0.15) is 0 Å². The first kappa shape index (κ1) is 17.0. The molecular formula is C17H20N2O3S. The van der Waals surface area contributed by atoms with Gasteiger partial charge in [-0.15, -0.1) is 0 Å². The summed E-state index contributed by atoms with van der Waals surface area (Å²) in [6.45, 7) is 4.50. The van der Waals surface area contributed by atoms with Crippen molar-refractivity contribution in [3.63, 3.8) is 0 Å². The fraction of sp³-hybridized carbons (Fsp3) is 0.235. The van der Waals surface area contributed by atoms with Crippen molar-refractivity contribution in [1.82, 2.24) is 5.43 Å². The van der Waals surface area contributed by atoms with Crippen molar-refractivity contribution >= 4 is 21.4 Å². The van der Waals surface area contributed by atoms with Gasteiger partial charge in [0.25, 0.3) is 5.91 Å². The number of hydrazine groups is 1. The van der Waals surface area contributed by atoms with Gasteiger partial charge < -0.3 is 0 Å². The average Bonchev–Trinajstić information content (AvgIpc) is 2.52. The molecule has 23 heavy (non-hydrogen) atoms. The average molecular weight is 332 g/mol. The molecule has 0 aliphatic rings. The molecule has 0 aliphatic heterocycles. The summed E-state index contributed by atoms with van der Waals surface area (Å²) >= 11 is 0. The van der Waals surface area contributed by atoms with Gasteiger partial charge in [0.2, 0.25) is 0 Å². The first-order chi connectivity index (χ1) is 10.8. The Balaban J connectivity index is 2.22. The molecule has 1 N–H and O–H groups in total. The number of hydrogen-bond donors (Lipinski definition) is 1. The largest absolute Gasteiger partial charge is 0.286 e. The molecule has 0 aromatic heterocycles. The van der Waals surface area contributed by atoms with Gasteiger partial charge in [0.05, 0.1) is 10.6 Å². The molecule has 2 rings (SSSR count). The second-order valence-electron chi connectivity index (χ2n) is 5.32. The zero-order valence-electron chi connectivity index (χ0n) is 13.4. The van der Waals surface area contributed by atoms with Crippen LogP contribution in [0.2, 0.25) is 0 Å². The smallest absolute Gasteiger partial charge is 0.269 e. The Hall–Kier alpha value is -2.34. The van der Waals surface area contributed by atoms with Gasteiger partial charge in [-0.25, -0.2) is 8.42 Å². The van der Waals surface area contributed by atoms with Gasteiger partial charge in [-0.2, -0.15) is 0 Å². The third-order valence-electron chi connectivity index (χ3n) is 3.42. The molecule has 0 spiro atoms. The van der Waals surface area contributed by atoms with Crippen LogP contribution >= 0.6 is 0 Å². The van der Waals surface area contributed by atoms with Gasteiger partial charge in [0.15, 0.2) is 9.84 Å². The summed E-state index contributed by atoms with van der Waals surface area (Å²) in [5.41, 5.74) is 5.10. The van der Waals surface area contributed by atoms with E-state index in [4.69, 9.17) is 0 Å². The lowest BCUT2D eigenvalue weighted by Gasteiger charge is -2.24. The molecule has 0 radical (unpaired) electrons. The molecular weight excluding hydrogens is 312 g/mol. The molecule has 1 amide bonds. The number of anilines is 1. The highest BCUT2D eigenvalue weighted by molar-refractivity contribution is 7.90. The highest BCUT2D eigenvalue weighted by Crippen LogP contribution is 2.15. The molecule has 0 saturated carbocycles. The van der Waals surface area contributed by atoms with E-state index in [2.05, 4.69) is 5.43 Å². The predicted octanol–water partition coefficient (Wildman–Crippen LogP) is 2.57. The Kier molecular flexibility index (Phi) is 5.05. The standard InChI is InChI=1S/C17H20N2O3S/c1-4-19(15-10-8-13(2)9-11-15)18-17(20)14-6-5-7-16(12-14)23(3,21)22/h5-12H,4H2,1-3H3,(H,18,20). The third-order valence-corrected chi connectivity index (χ3v) is 4.53. The minimum absolute atomic E-state index is 0.128.